The van der Waals surface area contributed by atoms with Crippen LogP contribution in [0.5, 0.6) is 0 Å². The van der Waals surface area contributed by atoms with Gasteiger partial charge in [-0.1, -0.05) is 25.9 Å². The number of aromatic nitrogens is 1. The molecule has 1 aliphatic carbocycles. The third kappa shape index (κ3) is 3.28. The molecule has 0 saturated heterocycles. The highest BCUT2D eigenvalue weighted by Gasteiger charge is 2.41. The predicted molar refractivity (Wildman–Crippen MR) is 76.0 cm³/mol. The number of Topliss-reactive ketones (excluding diaryl/α,β-unsaturated/α-hetero) is 3. The highest BCUT2D eigenvalue weighted by molar-refractivity contribution is 6.20. The fraction of sp³-hybridized carbons (Fsp3) is 0.625. The van der Waals surface area contributed by atoms with Crippen LogP contribution in [-0.4, -0.2) is 22.5 Å². The summed E-state index contributed by atoms with van der Waals surface area (Å²) in [5.74, 6) is -1.33. The molecule has 1 aromatic heterocycles. The summed E-state index contributed by atoms with van der Waals surface area (Å²) in [7, 11) is 0. The maximum absolute atomic E-state index is 12.1. The molecule has 0 radical (unpaired) electrons. The van der Waals surface area contributed by atoms with E-state index in [0.29, 0.717) is 12.2 Å². The zero-order chi connectivity index (χ0) is 15.6. The molecule has 1 aromatic rings. The smallest absolute Gasteiger partial charge is 0.151 e. The lowest BCUT2D eigenvalue weighted by atomic mass is 9.76. The number of ketones is 3. The van der Waals surface area contributed by atoms with Crippen LogP contribution in [0.15, 0.2) is 10.6 Å². The van der Waals surface area contributed by atoms with Gasteiger partial charge in [0.05, 0.1) is 5.69 Å². The predicted octanol–water partition coefficient (Wildman–Crippen LogP) is 2.80. The summed E-state index contributed by atoms with van der Waals surface area (Å²) in [6, 6.07) is 1.81. The van der Waals surface area contributed by atoms with Gasteiger partial charge < -0.3 is 4.52 Å². The summed E-state index contributed by atoms with van der Waals surface area (Å²) in [6.45, 7) is 5.86. The molecule has 0 unspecified atom stereocenters. The van der Waals surface area contributed by atoms with E-state index in [1.54, 1.807) is 0 Å². The first-order valence-electron chi connectivity index (χ1n) is 7.48. The Bertz CT molecular complexity index is 540. The van der Waals surface area contributed by atoms with Crippen LogP contribution in [0.4, 0.5) is 0 Å². The molecule has 0 spiro atoms. The van der Waals surface area contributed by atoms with Crippen molar-refractivity contribution in [3.05, 3.63) is 17.5 Å². The van der Waals surface area contributed by atoms with Gasteiger partial charge in [-0.2, -0.15) is 0 Å². The molecule has 0 aromatic carbocycles. The Hall–Kier alpha value is -1.78. The van der Waals surface area contributed by atoms with Crippen LogP contribution in [-0.2, 0) is 14.4 Å². The molecule has 0 atom stereocenters. The lowest BCUT2D eigenvalue weighted by Crippen LogP contribution is -2.37. The first-order valence-corrected chi connectivity index (χ1v) is 7.48. The van der Waals surface area contributed by atoms with Gasteiger partial charge in [0.2, 0.25) is 0 Å². The first-order chi connectivity index (χ1) is 9.93. The van der Waals surface area contributed by atoms with Gasteiger partial charge in [0.25, 0.3) is 0 Å². The van der Waals surface area contributed by atoms with E-state index < -0.39 is 5.92 Å². The van der Waals surface area contributed by atoms with Crippen molar-refractivity contribution in [2.75, 3.05) is 0 Å². The van der Waals surface area contributed by atoms with E-state index in [-0.39, 0.29) is 48.4 Å². The van der Waals surface area contributed by atoms with E-state index in [0.717, 1.165) is 5.69 Å². The average molecular weight is 291 g/mol. The Kier molecular flexibility index (Phi) is 4.70. The van der Waals surface area contributed by atoms with Gasteiger partial charge in [-0.15, -0.1) is 0 Å². The Morgan fingerprint density at radius 3 is 2.43 bits per heavy atom. The summed E-state index contributed by atoms with van der Waals surface area (Å²) < 4.78 is 5.27. The SMILES string of the molecule is CCCC(=O)C1C(=O)CC(c2cc(C(C)C)no2)CC1=O. The van der Waals surface area contributed by atoms with E-state index >= 15 is 0 Å². The minimum Gasteiger partial charge on any atom is -0.361 e. The summed E-state index contributed by atoms with van der Waals surface area (Å²) in [6.07, 6.45) is 1.29. The van der Waals surface area contributed by atoms with E-state index in [2.05, 4.69) is 5.16 Å². The van der Waals surface area contributed by atoms with E-state index in [9.17, 15) is 14.4 Å². The fourth-order valence-electron chi connectivity index (χ4n) is 2.69. The van der Waals surface area contributed by atoms with Crippen LogP contribution in [0, 0.1) is 5.92 Å². The van der Waals surface area contributed by atoms with Gasteiger partial charge in [0.1, 0.15) is 11.7 Å². The van der Waals surface area contributed by atoms with Crippen LogP contribution < -0.4 is 0 Å². The van der Waals surface area contributed by atoms with E-state index in [1.807, 2.05) is 26.8 Å². The van der Waals surface area contributed by atoms with Crippen molar-refractivity contribution < 1.29 is 18.9 Å². The Balaban J connectivity index is 2.12. The molecule has 0 amide bonds. The van der Waals surface area contributed by atoms with Crippen molar-refractivity contribution in [2.24, 2.45) is 5.92 Å². The molecule has 2 rings (SSSR count). The van der Waals surface area contributed by atoms with Gasteiger partial charge in [-0.05, 0) is 12.3 Å². The molecule has 5 heteroatoms. The highest BCUT2D eigenvalue weighted by Crippen LogP contribution is 2.33. The number of hydrogen-bond donors (Lipinski definition) is 0. The number of nitrogens with zero attached hydrogens (tertiary/aromatic N) is 1. The number of rotatable bonds is 5. The van der Waals surface area contributed by atoms with Crippen LogP contribution in [0.3, 0.4) is 0 Å². The normalized spacial score (nSPS) is 22.9. The van der Waals surface area contributed by atoms with Crippen molar-refractivity contribution >= 4 is 17.3 Å². The molecule has 5 nitrogen and oxygen atoms in total. The average Bonchev–Trinajstić information content (AvgIpc) is 2.87. The number of hydrogen-bond acceptors (Lipinski definition) is 5. The third-order valence-corrected chi connectivity index (χ3v) is 3.90. The van der Waals surface area contributed by atoms with Crippen molar-refractivity contribution in [3.8, 4) is 0 Å². The van der Waals surface area contributed by atoms with Crippen molar-refractivity contribution in [1.29, 1.82) is 0 Å². The first kappa shape index (κ1) is 15.6. The molecular weight excluding hydrogens is 270 g/mol. The van der Waals surface area contributed by atoms with Crippen molar-refractivity contribution in [3.63, 3.8) is 0 Å². The summed E-state index contributed by atoms with van der Waals surface area (Å²) in [4.78, 5) is 36.2. The molecule has 0 N–H and O–H groups in total. The fourth-order valence-corrected chi connectivity index (χ4v) is 2.69. The van der Waals surface area contributed by atoms with Gasteiger partial charge in [0.15, 0.2) is 17.3 Å². The molecule has 1 aliphatic rings. The Morgan fingerprint density at radius 2 is 1.95 bits per heavy atom. The van der Waals surface area contributed by atoms with Crippen molar-refractivity contribution in [2.45, 2.75) is 58.3 Å². The minimum atomic E-state index is -1.05. The molecule has 0 aliphatic heterocycles. The lowest BCUT2D eigenvalue weighted by molar-refractivity contribution is -0.142. The molecule has 114 valence electrons. The molecule has 1 fully saturated rings. The largest absolute Gasteiger partial charge is 0.361 e. The standard InChI is InChI=1S/C16H21NO4/c1-4-5-12(18)16-13(19)6-10(7-14(16)20)15-8-11(9(2)3)17-21-15/h8-10,16H,4-7H2,1-3H3. The second-order valence-electron chi connectivity index (χ2n) is 6.00. The Labute approximate surface area is 124 Å². The van der Waals surface area contributed by atoms with Crippen LogP contribution in [0.2, 0.25) is 0 Å². The monoisotopic (exact) mass is 291 g/mol. The molecule has 21 heavy (non-hydrogen) atoms. The second kappa shape index (κ2) is 6.33. The highest BCUT2D eigenvalue weighted by atomic mass is 16.5. The Morgan fingerprint density at radius 1 is 1.33 bits per heavy atom. The zero-order valence-electron chi connectivity index (χ0n) is 12.7. The molecule has 1 heterocycles. The van der Waals surface area contributed by atoms with Crippen LogP contribution in [0.1, 0.15) is 69.7 Å². The van der Waals surface area contributed by atoms with E-state index in [1.165, 1.54) is 0 Å². The second-order valence-corrected chi connectivity index (χ2v) is 6.00. The lowest BCUT2D eigenvalue weighted by Gasteiger charge is -2.23. The van der Waals surface area contributed by atoms with Gasteiger partial charge >= 0.3 is 0 Å². The maximum Gasteiger partial charge on any atom is 0.151 e. The topological polar surface area (TPSA) is 77.2 Å². The van der Waals surface area contributed by atoms with Crippen LogP contribution >= 0.6 is 0 Å². The summed E-state index contributed by atoms with van der Waals surface area (Å²) in [5.41, 5.74) is 0.814. The van der Waals surface area contributed by atoms with Gasteiger partial charge in [0, 0.05) is 31.2 Å². The minimum absolute atomic E-state index is 0.179. The molecular formula is C16H21NO4. The maximum atomic E-state index is 12.1. The number of carbonyl (C=O) groups is 3. The van der Waals surface area contributed by atoms with Gasteiger partial charge in [-0.3, -0.25) is 14.4 Å². The quantitative estimate of drug-likeness (QED) is 0.779. The third-order valence-electron chi connectivity index (χ3n) is 3.90. The number of carbonyl (C=O) groups excluding carboxylic acids is 3. The zero-order valence-corrected chi connectivity index (χ0v) is 12.7. The summed E-state index contributed by atoms with van der Waals surface area (Å²) >= 11 is 0. The molecule has 1 saturated carbocycles. The van der Waals surface area contributed by atoms with E-state index in [4.69, 9.17) is 4.52 Å². The van der Waals surface area contributed by atoms with Crippen molar-refractivity contribution in [1.82, 2.24) is 5.16 Å². The summed E-state index contributed by atoms with van der Waals surface area (Å²) in [5, 5.41) is 3.96. The van der Waals surface area contributed by atoms with Gasteiger partial charge in [-0.25, -0.2) is 0 Å². The molecule has 0 bridgehead atoms. The van der Waals surface area contributed by atoms with Crippen LogP contribution in [0.25, 0.3) is 0 Å².